The van der Waals surface area contributed by atoms with E-state index < -0.39 is 0 Å². The lowest BCUT2D eigenvalue weighted by Crippen LogP contribution is -2.33. The fraction of sp³-hybridized carbons (Fsp3) is 1.00. The van der Waals surface area contributed by atoms with E-state index in [1.807, 2.05) is 0 Å². The first-order valence-electron chi connectivity index (χ1n) is 4.38. The van der Waals surface area contributed by atoms with Crippen molar-refractivity contribution in [2.24, 2.45) is 5.73 Å². The van der Waals surface area contributed by atoms with E-state index in [0.717, 1.165) is 26.1 Å². The minimum absolute atomic E-state index is 0.493. The highest BCUT2D eigenvalue weighted by Crippen LogP contribution is 2.01. The van der Waals surface area contributed by atoms with E-state index in [-0.39, 0.29) is 0 Å². The third kappa shape index (κ3) is 3.18. The Kier molecular flexibility index (Phi) is 3.83. The standard InChI is InChI=1S/C8H18N3/c1-11-6-2-5-10-8(7-11)3-4-9/h8H,2-7,9H2,1H3. The van der Waals surface area contributed by atoms with Gasteiger partial charge in [0.05, 0.1) is 0 Å². The Morgan fingerprint density at radius 3 is 3.18 bits per heavy atom. The van der Waals surface area contributed by atoms with Gasteiger partial charge in [0.1, 0.15) is 0 Å². The SMILES string of the molecule is CN1CCC[N]C(CCN)C1. The molecule has 3 heteroatoms. The molecule has 1 saturated heterocycles. The van der Waals surface area contributed by atoms with Crippen LogP contribution in [0.4, 0.5) is 0 Å². The predicted molar refractivity (Wildman–Crippen MR) is 46.6 cm³/mol. The van der Waals surface area contributed by atoms with Crippen LogP contribution in [0.5, 0.6) is 0 Å². The van der Waals surface area contributed by atoms with Crippen LogP contribution in [-0.4, -0.2) is 44.2 Å². The summed E-state index contributed by atoms with van der Waals surface area (Å²) in [4.78, 5) is 2.34. The van der Waals surface area contributed by atoms with Crippen LogP contribution < -0.4 is 11.1 Å². The van der Waals surface area contributed by atoms with Gasteiger partial charge < -0.3 is 10.6 Å². The average Bonchev–Trinajstić information content (AvgIpc) is 2.15. The minimum Gasteiger partial charge on any atom is -0.330 e. The summed E-state index contributed by atoms with van der Waals surface area (Å²) in [5, 5.41) is 4.54. The molecule has 0 aromatic heterocycles. The van der Waals surface area contributed by atoms with Crippen LogP contribution in [0.15, 0.2) is 0 Å². The van der Waals surface area contributed by atoms with Crippen molar-refractivity contribution in [3.63, 3.8) is 0 Å². The smallest absolute Gasteiger partial charge is 0.0385 e. The van der Waals surface area contributed by atoms with Gasteiger partial charge in [-0.3, -0.25) is 0 Å². The Morgan fingerprint density at radius 1 is 1.64 bits per heavy atom. The molecule has 0 amide bonds. The number of hydrogen-bond donors (Lipinski definition) is 1. The lowest BCUT2D eigenvalue weighted by molar-refractivity contribution is 0.317. The highest BCUT2D eigenvalue weighted by molar-refractivity contribution is 4.74. The topological polar surface area (TPSA) is 43.4 Å². The van der Waals surface area contributed by atoms with Crippen molar-refractivity contribution >= 4 is 0 Å². The molecule has 0 aromatic carbocycles. The highest BCUT2D eigenvalue weighted by atomic mass is 15.1. The first kappa shape index (κ1) is 8.97. The monoisotopic (exact) mass is 156 g/mol. The largest absolute Gasteiger partial charge is 0.330 e. The van der Waals surface area contributed by atoms with Crippen molar-refractivity contribution in [2.75, 3.05) is 33.2 Å². The molecule has 1 unspecified atom stereocenters. The Labute approximate surface area is 68.9 Å². The number of rotatable bonds is 2. The lowest BCUT2D eigenvalue weighted by Gasteiger charge is -2.18. The summed E-state index contributed by atoms with van der Waals surface area (Å²) in [6.07, 6.45) is 2.25. The van der Waals surface area contributed by atoms with Crippen molar-refractivity contribution in [2.45, 2.75) is 18.9 Å². The molecule has 0 bridgehead atoms. The van der Waals surface area contributed by atoms with Crippen LogP contribution in [-0.2, 0) is 0 Å². The molecule has 1 aliphatic heterocycles. The Morgan fingerprint density at radius 2 is 2.45 bits per heavy atom. The van der Waals surface area contributed by atoms with Gasteiger partial charge in [0, 0.05) is 19.1 Å². The first-order valence-corrected chi connectivity index (χ1v) is 4.38. The van der Waals surface area contributed by atoms with E-state index in [2.05, 4.69) is 17.3 Å². The molecule has 1 aliphatic rings. The average molecular weight is 156 g/mol. The Balaban J connectivity index is 2.27. The maximum atomic E-state index is 5.48. The molecule has 0 saturated carbocycles. The quantitative estimate of drug-likeness (QED) is 0.593. The van der Waals surface area contributed by atoms with Gasteiger partial charge in [0.25, 0.3) is 0 Å². The van der Waals surface area contributed by atoms with E-state index in [1.165, 1.54) is 13.0 Å². The molecule has 3 nitrogen and oxygen atoms in total. The fourth-order valence-electron chi connectivity index (χ4n) is 1.50. The maximum absolute atomic E-state index is 5.48. The maximum Gasteiger partial charge on any atom is 0.0385 e. The minimum atomic E-state index is 0.493. The molecule has 0 spiro atoms. The summed E-state index contributed by atoms with van der Waals surface area (Å²) in [6.45, 7) is 4.07. The van der Waals surface area contributed by atoms with Gasteiger partial charge in [-0.1, -0.05) is 0 Å². The van der Waals surface area contributed by atoms with E-state index in [1.54, 1.807) is 0 Å². The molecule has 1 atom stereocenters. The molecule has 2 N–H and O–H groups in total. The fourth-order valence-corrected chi connectivity index (χ4v) is 1.50. The molecule has 11 heavy (non-hydrogen) atoms. The second-order valence-electron chi connectivity index (χ2n) is 3.25. The van der Waals surface area contributed by atoms with Gasteiger partial charge >= 0.3 is 0 Å². The van der Waals surface area contributed by atoms with Gasteiger partial charge in [0.15, 0.2) is 0 Å². The van der Waals surface area contributed by atoms with Crippen LogP contribution in [0.2, 0.25) is 0 Å². The zero-order chi connectivity index (χ0) is 8.10. The van der Waals surface area contributed by atoms with Crippen molar-refractivity contribution in [3.05, 3.63) is 0 Å². The molecular formula is C8H18N3. The van der Waals surface area contributed by atoms with Crippen LogP contribution in [0.1, 0.15) is 12.8 Å². The first-order chi connectivity index (χ1) is 5.33. The van der Waals surface area contributed by atoms with Crippen LogP contribution in [0.25, 0.3) is 0 Å². The van der Waals surface area contributed by atoms with Gasteiger partial charge in [0.2, 0.25) is 0 Å². The lowest BCUT2D eigenvalue weighted by atomic mass is 10.2. The van der Waals surface area contributed by atoms with Crippen LogP contribution in [0, 0.1) is 0 Å². The Hall–Kier alpha value is -0.120. The normalized spacial score (nSPS) is 28.4. The summed E-state index contributed by atoms with van der Waals surface area (Å²) in [7, 11) is 2.16. The van der Waals surface area contributed by atoms with Gasteiger partial charge in [-0.05, 0) is 33.0 Å². The summed E-state index contributed by atoms with van der Waals surface area (Å²) in [5.74, 6) is 0. The van der Waals surface area contributed by atoms with Crippen molar-refractivity contribution in [3.8, 4) is 0 Å². The van der Waals surface area contributed by atoms with Gasteiger partial charge in [-0.15, -0.1) is 0 Å². The summed E-state index contributed by atoms with van der Waals surface area (Å²) in [5.41, 5.74) is 5.48. The zero-order valence-electron chi connectivity index (χ0n) is 7.29. The number of hydrogen-bond acceptors (Lipinski definition) is 2. The van der Waals surface area contributed by atoms with Gasteiger partial charge in [-0.2, -0.15) is 0 Å². The van der Waals surface area contributed by atoms with Crippen molar-refractivity contribution in [1.82, 2.24) is 10.2 Å². The Bertz CT molecular complexity index is 106. The molecular weight excluding hydrogens is 138 g/mol. The molecule has 65 valence electrons. The van der Waals surface area contributed by atoms with E-state index >= 15 is 0 Å². The van der Waals surface area contributed by atoms with Crippen molar-refractivity contribution < 1.29 is 0 Å². The second-order valence-corrected chi connectivity index (χ2v) is 3.25. The predicted octanol–water partition coefficient (Wildman–Crippen LogP) is -0.356. The van der Waals surface area contributed by atoms with Crippen molar-refractivity contribution in [1.29, 1.82) is 0 Å². The van der Waals surface area contributed by atoms with E-state index in [4.69, 9.17) is 5.73 Å². The summed E-state index contributed by atoms with van der Waals surface area (Å²) >= 11 is 0. The third-order valence-electron chi connectivity index (χ3n) is 2.11. The molecule has 0 aliphatic carbocycles. The second kappa shape index (κ2) is 4.70. The highest BCUT2D eigenvalue weighted by Gasteiger charge is 2.14. The molecule has 1 heterocycles. The van der Waals surface area contributed by atoms with Gasteiger partial charge in [-0.25, -0.2) is 5.32 Å². The molecule has 1 radical (unpaired) electrons. The number of nitrogens with two attached hydrogens (primary N) is 1. The van der Waals surface area contributed by atoms with Crippen LogP contribution >= 0.6 is 0 Å². The molecule has 1 rings (SSSR count). The molecule has 0 aromatic rings. The summed E-state index contributed by atoms with van der Waals surface area (Å²) < 4.78 is 0. The summed E-state index contributed by atoms with van der Waals surface area (Å²) in [6, 6.07) is 0.493. The van der Waals surface area contributed by atoms with E-state index in [9.17, 15) is 0 Å². The number of likely N-dealkylation sites (N-methyl/N-ethyl adjacent to an activating group) is 1. The van der Waals surface area contributed by atoms with E-state index in [0.29, 0.717) is 6.04 Å². The third-order valence-corrected chi connectivity index (χ3v) is 2.11. The number of nitrogens with zero attached hydrogens (tertiary/aromatic N) is 2. The van der Waals surface area contributed by atoms with Crippen LogP contribution in [0.3, 0.4) is 0 Å². The zero-order valence-corrected chi connectivity index (χ0v) is 7.29. The molecule has 1 fully saturated rings.